The molecule has 104 valence electrons. The maximum atomic E-state index is 11.7. The Morgan fingerprint density at radius 3 is 2.84 bits per heavy atom. The second-order valence-corrected chi connectivity index (χ2v) is 4.43. The highest BCUT2D eigenvalue weighted by atomic mass is 16.5. The Bertz CT molecular complexity index is 400. The normalized spacial score (nSPS) is 18.1. The van der Waals surface area contributed by atoms with Crippen LogP contribution in [0.4, 0.5) is 10.5 Å². The number of hydrogen-bond donors (Lipinski definition) is 2. The van der Waals surface area contributed by atoms with Crippen LogP contribution in [0.25, 0.3) is 0 Å². The topological polar surface area (TPSA) is 59.6 Å². The second kappa shape index (κ2) is 6.99. The van der Waals surface area contributed by atoms with Crippen molar-refractivity contribution in [3.8, 4) is 5.75 Å². The van der Waals surface area contributed by atoms with Gasteiger partial charge in [-0.1, -0.05) is 0 Å². The minimum atomic E-state index is -0.209. The predicted molar refractivity (Wildman–Crippen MR) is 73.6 cm³/mol. The number of anilines is 1. The van der Waals surface area contributed by atoms with Crippen molar-refractivity contribution in [2.24, 2.45) is 0 Å². The van der Waals surface area contributed by atoms with E-state index in [1.807, 2.05) is 31.2 Å². The average Bonchev–Trinajstić information content (AvgIpc) is 2.92. The summed E-state index contributed by atoms with van der Waals surface area (Å²) >= 11 is 0. The Hall–Kier alpha value is -1.75. The largest absolute Gasteiger partial charge is 0.494 e. The summed E-state index contributed by atoms with van der Waals surface area (Å²) in [6.45, 7) is 3.93. The van der Waals surface area contributed by atoms with E-state index in [0.29, 0.717) is 13.2 Å². The molecule has 2 rings (SSSR count). The summed E-state index contributed by atoms with van der Waals surface area (Å²) < 4.78 is 10.8. The van der Waals surface area contributed by atoms with Gasteiger partial charge < -0.3 is 20.1 Å². The van der Waals surface area contributed by atoms with E-state index in [-0.39, 0.29) is 12.1 Å². The fraction of sp³-hybridized carbons (Fsp3) is 0.500. The Kier molecular flexibility index (Phi) is 5.03. The first-order chi connectivity index (χ1) is 9.28. The van der Waals surface area contributed by atoms with Crippen molar-refractivity contribution >= 4 is 11.7 Å². The van der Waals surface area contributed by atoms with Crippen molar-refractivity contribution in [3.63, 3.8) is 0 Å². The summed E-state index contributed by atoms with van der Waals surface area (Å²) in [4.78, 5) is 11.7. The molecular weight excluding hydrogens is 244 g/mol. The van der Waals surface area contributed by atoms with Gasteiger partial charge in [-0.05, 0) is 44.0 Å². The first-order valence-electron chi connectivity index (χ1n) is 6.67. The molecule has 0 radical (unpaired) electrons. The summed E-state index contributed by atoms with van der Waals surface area (Å²) in [5.74, 6) is 0.799. The summed E-state index contributed by atoms with van der Waals surface area (Å²) in [5.41, 5.74) is 0.744. The van der Waals surface area contributed by atoms with Crippen LogP contribution in [-0.4, -0.2) is 31.9 Å². The van der Waals surface area contributed by atoms with Crippen LogP contribution in [0.1, 0.15) is 19.8 Å². The summed E-state index contributed by atoms with van der Waals surface area (Å²) in [5, 5.41) is 5.58. The first kappa shape index (κ1) is 13.7. The average molecular weight is 264 g/mol. The fourth-order valence-corrected chi connectivity index (χ4v) is 1.99. The number of carbonyl (C=O) groups excluding carboxylic acids is 1. The molecule has 2 N–H and O–H groups in total. The number of amides is 2. The molecule has 1 aromatic rings. The number of carbonyl (C=O) groups is 1. The van der Waals surface area contributed by atoms with Crippen LogP contribution >= 0.6 is 0 Å². The molecule has 2 amide bonds. The lowest BCUT2D eigenvalue weighted by molar-refractivity contribution is 0.112. The quantitative estimate of drug-likeness (QED) is 0.858. The van der Waals surface area contributed by atoms with E-state index in [9.17, 15) is 4.79 Å². The smallest absolute Gasteiger partial charge is 0.319 e. The monoisotopic (exact) mass is 264 g/mol. The molecule has 0 saturated carbocycles. The maximum absolute atomic E-state index is 11.7. The van der Waals surface area contributed by atoms with Gasteiger partial charge in [0, 0.05) is 18.8 Å². The number of benzene rings is 1. The molecule has 1 fully saturated rings. The van der Waals surface area contributed by atoms with Gasteiger partial charge in [0.1, 0.15) is 5.75 Å². The molecule has 5 heteroatoms. The van der Waals surface area contributed by atoms with E-state index in [1.54, 1.807) is 0 Å². The van der Waals surface area contributed by atoms with Crippen LogP contribution in [0.15, 0.2) is 24.3 Å². The Labute approximate surface area is 113 Å². The van der Waals surface area contributed by atoms with Gasteiger partial charge in [0.2, 0.25) is 0 Å². The third-order valence-corrected chi connectivity index (χ3v) is 2.94. The van der Waals surface area contributed by atoms with Gasteiger partial charge in [-0.3, -0.25) is 0 Å². The van der Waals surface area contributed by atoms with E-state index in [4.69, 9.17) is 9.47 Å². The SMILES string of the molecule is CCOc1ccc(NC(=O)NCC2CCCO2)cc1. The van der Waals surface area contributed by atoms with E-state index in [2.05, 4.69) is 10.6 Å². The van der Waals surface area contributed by atoms with Crippen LogP contribution in [0.2, 0.25) is 0 Å². The molecule has 1 unspecified atom stereocenters. The minimum absolute atomic E-state index is 0.158. The molecule has 1 aromatic carbocycles. The molecule has 1 aliphatic heterocycles. The van der Waals surface area contributed by atoms with Crippen molar-refractivity contribution in [2.45, 2.75) is 25.9 Å². The van der Waals surface area contributed by atoms with Crippen LogP contribution < -0.4 is 15.4 Å². The molecule has 0 aromatic heterocycles. The van der Waals surface area contributed by atoms with Gasteiger partial charge in [0.05, 0.1) is 12.7 Å². The van der Waals surface area contributed by atoms with Crippen LogP contribution in [0, 0.1) is 0 Å². The van der Waals surface area contributed by atoms with Crippen LogP contribution in [0.5, 0.6) is 5.75 Å². The van der Waals surface area contributed by atoms with Crippen molar-refractivity contribution in [1.82, 2.24) is 5.32 Å². The number of ether oxygens (including phenoxy) is 2. The molecule has 0 bridgehead atoms. The van der Waals surface area contributed by atoms with E-state index in [0.717, 1.165) is 30.9 Å². The van der Waals surface area contributed by atoms with E-state index >= 15 is 0 Å². The molecule has 1 saturated heterocycles. The summed E-state index contributed by atoms with van der Waals surface area (Å²) in [6.07, 6.45) is 2.25. The number of nitrogens with one attached hydrogen (secondary N) is 2. The van der Waals surface area contributed by atoms with Gasteiger partial charge in [-0.2, -0.15) is 0 Å². The molecular formula is C14H20N2O3. The Balaban J connectivity index is 1.74. The minimum Gasteiger partial charge on any atom is -0.494 e. The van der Waals surface area contributed by atoms with Gasteiger partial charge in [-0.25, -0.2) is 4.79 Å². The van der Waals surface area contributed by atoms with Crippen LogP contribution in [0.3, 0.4) is 0 Å². The standard InChI is InChI=1S/C14H20N2O3/c1-2-18-12-7-5-11(6-8-12)16-14(17)15-10-13-4-3-9-19-13/h5-8,13H,2-4,9-10H2,1H3,(H2,15,16,17). The zero-order valence-corrected chi connectivity index (χ0v) is 11.1. The summed E-state index contributed by atoms with van der Waals surface area (Å²) in [6, 6.07) is 7.09. The number of rotatable bonds is 5. The maximum Gasteiger partial charge on any atom is 0.319 e. The highest BCUT2D eigenvalue weighted by Crippen LogP contribution is 2.15. The van der Waals surface area contributed by atoms with Crippen molar-refractivity contribution in [1.29, 1.82) is 0 Å². The van der Waals surface area contributed by atoms with Crippen LogP contribution in [-0.2, 0) is 4.74 Å². The zero-order chi connectivity index (χ0) is 13.5. The molecule has 0 aliphatic carbocycles. The van der Waals surface area contributed by atoms with Crippen molar-refractivity contribution in [2.75, 3.05) is 25.1 Å². The van der Waals surface area contributed by atoms with Gasteiger partial charge in [-0.15, -0.1) is 0 Å². The second-order valence-electron chi connectivity index (χ2n) is 4.43. The third-order valence-electron chi connectivity index (χ3n) is 2.94. The van der Waals surface area contributed by atoms with Gasteiger partial charge in [0.25, 0.3) is 0 Å². The third kappa shape index (κ3) is 4.44. The summed E-state index contributed by atoms with van der Waals surface area (Å²) in [7, 11) is 0. The van der Waals surface area contributed by atoms with E-state index < -0.39 is 0 Å². The first-order valence-corrected chi connectivity index (χ1v) is 6.67. The fourth-order valence-electron chi connectivity index (χ4n) is 1.99. The van der Waals surface area contributed by atoms with Crippen molar-refractivity contribution < 1.29 is 14.3 Å². The molecule has 5 nitrogen and oxygen atoms in total. The Morgan fingerprint density at radius 2 is 2.21 bits per heavy atom. The molecule has 1 heterocycles. The molecule has 0 spiro atoms. The highest BCUT2D eigenvalue weighted by molar-refractivity contribution is 5.89. The van der Waals surface area contributed by atoms with Crippen molar-refractivity contribution in [3.05, 3.63) is 24.3 Å². The molecule has 19 heavy (non-hydrogen) atoms. The van der Waals surface area contributed by atoms with E-state index in [1.165, 1.54) is 0 Å². The highest BCUT2D eigenvalue weighted by Gasteiger charge is 2.15. The lowest BCUT2D eigenvalue weighted by atomic mass is 10.2. The van der Waals surface area contributed by atoms with Gasteiger partial charge >= 0.3 is 6.03 Å². The number of hydrogen-bond acceptors (Lipinski definition) is 3. The Morgan fingerprint density at radius 1 is 1.42 bits per heavy atom. The predicted octanol–water partition coefficient (Wildman–Crippen LogP) is 2.39. The zero-order valence-electron chi connectivity index (χ0n) is 11.1. The lowest BCUT2D eigenvalue weighted by Crippen LogP contribution is -2.34. The number of urea groups is 1. The lowest BCUT2D eigenvalue weighted by Gasteiger charge is -2.12. The molecule has 1 atom stereocenters. The van der Waals surface area contributed by atoms with Gasteiger partial charge in [0.15, 0.2) is 0 Å². The molecule has 1 aliphatic rings.